The summed E-state index contributed by atoms with van der Waals surface area (Å²) in [7, 11) is 1.66. The van der Waals surface area contributed by atoms with Crippen molar-refractivity contribution in [3.8, 4) is 5.75 Å². The molecule has 0 radical (unpaired) electrons. The molecule has 0 spiro atoms. The van der Waals surface area contributed by atoms with Crippen LogP contribution in [0.5, 0.6) is 5.75 Å². The Morgan fingerprint density at radius 1 is 1.34 bits per heavy atom. The molecule has 0 saturated heterocycles. The zero-order valence-corrected chi connectivity index (χ0v) is 16.8. The van der Waals surface area contributed by atoms with Gasteiger partial charge in [0.15, 0.2) is 11.6 Å². The number of aromatic nitrogens is 1. The molecule has 2 heterocycles. The van der Waals surface area contributed by atoms with Crippen molar-refractivity contribution in [2.75, 3.05) is 25.9 Å². The molecule has 8 heteroatoms. The van der Waals surface area contributed by atoms with Crippen molar-refractivity contribution in [2.45, 2.75) is 26.4 Å². The maximum Gasteiger partial charge on any atom is 0.254 e. The summed E-state index contributed by atoms with van der Waals surface area (Å²) in [6.07, 6.45) is 1.89. The number of carbonyl (C=O) groups excluding carboxylic acids is 1. The number of nitrogens with zero attached hydrogens (tertiary/aromatic N) is 2. The molecule has 0 saturated carbocycles. The Labute approximate surface area is 169 Å². The molecule has 0 fully saturated rings. The molecular weight excluding hydrogens is 373 g/mol. The first-order valence-corrected chi connectivity index (χ1v) is 9.51. The van der Waals surface area contributed by atoms with Gasteiger partial charge in [0, 0.05) is 36.5 Å². The number of halogens is 1. The molecule has 0 aliphatic carbocycles. The number of nitrogen functional groups attached to an aromatic ring is 1. The van der Waals surface area contributed by atoms with E-state index >= 15 is 0 Å². The topological polar surface area (TPSA) is 106 Å². The first-order chi connectivity index (χ1) is 13.8. The van der Waals surface area contributed by atoms with Gasteiger partial charge in [-0.05, 0) is 37.6 Å². The van der Waals surface area contributed by atoms with Crippen molar-refractivity contribution in [1.82, 2.24) is 15.2 Å². The standard InChI is InChI=1S/C21H26FN5O2/c1-4-7-25-19-13-8-18(20(24)26-10-13)29-12(2)16-9-14(22)5-6-15(16)21(28)27(3)11-17(19)23/h5-6,8-10,12,25H,4,7,11,23H2,1-3H3,(H2,24,26)/b19-17-. The third-order valence-electron chi connectivity index (χ3n) is 4.78. The Morgan fingerprint density at radius 2 is 2.10 bits per heavy atom. The lowest BCUT2D eigenvalue weighted by Crippen LogP contribution is -2.34. The van der Waals surface area contributed by atoms with Crippen LogP contribution >= 0.6 is 0 Å². The minimum atomic E-state index is -0.620. The summed E-state index contributed by atoms with van der Waals surface area (Å²) in [5.41, 5.74) is 15.0. The number of rotatable bonds is 3. The number of benzene rings is 1. The van der Waals surface area contributed by atoms with Gasteiger partial charge in [0.05, 0.1) is 17.9 Å². The summed E-state index contributed by atoms with van der Waals surface area (Å²) >= 11 is 0. The Bertz CT molecular complexity index is 960. The fraction of sp³-hybridized carbons (Fsp3) is 0.333. The number of likely N-dealkylation sites (N-methyl/N-ethyl adjacent to an activating group) is 1. The number of pyridine rings is 1. The van der Waals surface area contributed by atoms with E-state index in [0.717, 1.165) is 6.42 Å². The van der Waals surface area contributed by atoms with Crippen molar-refractivity contribution in [3.05, 3.63) is 58.7 Å². The number of ether oxygens (including phenoxy) is 1. The lowest BCUT2D eigenvalue weighted by molar-refractivity contribution is 0.0801. The molecular formula is C21H26FN5O2. The average molecular weight is 399 g/mol. The molecule has 1 aromatic heterocycles. The second-order valence-electron chi connectivity index (χ2n) is 7.09. The van der Waals surface area contributed by atoms with Crippen LogP contribution < -0.4 is 21.5 Å². The van der Waals surface area contributed by atoms with E-state index in [2.05, 4.69) is 10.3 Å². The molecule has 2 aromatic rings. The minimum absolute atomic E-state index is 0.191. The Balaban J connectivity index is 2.18. The van der Waals surface area contributed by atoms with Crippen molar-refractivity contribution in [3.63, 3.8) is 0 Å². The summed E-state index contributed by atoms with van der Waals surface area (Å²) in [5, 5.41) is 3.31. The maximum absolute atomic E-state index is 13.9. The third-order valence-corrected chi connectivity index (χ3v) is 4.78. The Kier molecular flexibility index (Phi) is 5.91. The number of amides is 1. The van der Waals surface area contributed by atoms with E-state index in [-0.39, 0.29) is 18.3 Å². The highest BCUT2D eigenvalue weighted by Crippen LogP contribution is 2.31. The molecule has 1 aliphatic heterocycles. The molecule has 154 valence electrons. The van der Waals surface area contributed by atoms with E-state index in [1.54, 1.807) is 26.2 Å². The van der Waals surface area contributed by atoms with E-state index in [1.807, 2.05) is 6.92 Å². The normalized spacial score (nSPS) is 19.7. The molecule has 2 bridgehead atoms. The number of carbonyl (C=O) groups is 1. The monoisotopic (exact) mass is 399 g/mol. The summed E-state index contributed by atoms with van der Waals surface area (Å²) < 4.78 is 19.9. The van der Waals surface area contributed by atoms with E-state index in [4.69, 9.17) is 16.2 Å². The number of anilines is 1. The lowest BCUT2D eigenvalue weighted by Gasteiger charge is -2.25. The van der Waals surface area contributed by atoms with Gasteiger partial charge in [-0.2, -0.15) is 0 Å². The Morgan fingerprint density at radius 3 is 2.83 bits per heavy atom. The zero-order valence-electron chi connectivity index (χ0n) is 16.8. The number of hydrogen-bond acceptors (Lipinski definition) is 6. The fourth-order valence-electron chi connectivity index (χ4n) is 3.27. The highest BCUT2D eigenvalue weighted by molar-refractivity contribution is 5.96. The number of fused-ring (bicyclic) bond motifs is 3. The van der Waals surface area contributed by atoms with Gasteiger partial charge in [0.1, 0.15) is 11.9 Å². The minimum Gasteiger partial charge on any atom is -0.482 e. The molecule has 5 N–H and O–H groups in total. The van der Waals surface area contributed by atoms with E-state index in [1.165, 1.54) is 23.1 Å². The molecule has 1 amide bonds. The van der Waals surface area contributed by atoms with E-state index in [0.29, 0.717) is 40.4 Å². The van der Waals surface area contributed by atoms with Gasteiger partial charge in [0.2, 0.25) is 0 Å². The second kappa shape index (κ2) is 8.38. The number of nitrogens with two attached hydrogens (primary N) is 2. The number of hydrogen-bond donors (Lipinski definition) is 3. The quantitative estimate of drug-likeness (QED) is 0.733. The van der Waals surface area contributed by atoms with Crippen LogP contribution in [-0.2, 0) is 0 Å². The van der Waals surface area contributed by atoms with Gasteiger partial charge in [-0.15, -0.1) is 0 Å². The molecule has 7 nitrogen and oxygen atoms in total. The molecule has 1 unspecified atom stereocenters. The summed E-state index contributed by atoms with van der Waals surface area (Å²) in [6, 6.07) is 5.78. The maximum atomic E-state index is 13.9. The van der Waals surface area contributed by atoms with Crippen LogP contribution in [0, 0.1) is 5.82 Å². The summed E-state index contributed by atoms with van der Waals surface area (Å²) in [6.45, 7) is 4.68. The highest BCUT2D eigenvalue weighted by atomic mass is 19.1. The van der Waals surface area contributed by atoms with Crippen molar-refractivity contribution >= 4 is 17.4 Å². The van der Waals surface area contributed by atoms with Gasteiger partial charge < -0.3 is 26.4 Å². The molecule has 1 aromatic carbocycles. The second-order valence-corrected chi connectivity index (χ2v) is 7.09. The van der Waals surface area contributed by atoms with Gasteiger partial charge >= 0.3 is 0 Å². The average Bonchev–Trinajstić information content (AvgIpc) is 2.69. The van der Waals surface area contributed by atoms with Crippen LogP contribution in [0.4, 0.5) is 10.2 Å². The lowest BCUT2D eigenvalue weighted by atomic mass is 10.0. The molecule has 1 aliphatic rings. The van der Waals surface area contributed by atoms with Gasteiger partial charge in [-0.25, -0.2) is 9.37 Å². The van der Waals surface area contributed by atoms with Crippen LogP contribution in [0.1, 0.15) is 47.9 Å². The summed E-state index contributed by atoms with van der Waals surface area (Å²) in [4.78, 5) is 18.8. The zero-order chi connectivity index (χ0) is 21.1. The first-order valence-electron chi connectivity index (χ1n) is 9.51. The molecule has 3 rings (SSSR count). The van der Waals surface area contributed by atoms with Crippen molar-refractivity contribution in [1.29, 1.82) is 0 Å². The van der Waals surface area contributed by atoms with Crippen molar-refractivity contribution in [2.24, 2.45) is 5.73 Å². The van der Waals surface area contributed by atoms with Gasteiger partial charge in [0.25, 0.3) is 5.91 Å². The van der Waals surface area contributed by atoms with Gasteiger partial charge in [-0.3, -0.25) is 4.79 Å². The van der Waals surface area contributed by atoms with Crippen molar-refractivity contribution < 1.29 is 13.9 Å². The number of nitrogens with one attached hydrogen (secondary N) is 1. The first kappa shape index (κ1) is 20.4. The SMILES string of the molecule is CCCN/C1=C(\N)CN(C)C(=O)c2ccc(F)cc2C(C)Oc2cc1cnc2N. The van der Waals surface area contributed by atoms with E-state index < -0.39 is 11.9 Å². The van der Waals surface area contributed by atoms with Crippen LogP contribution in [-0.4, -0.2) is 35.9 Å². The largest absolute Gasteiger partial charge is 0.482 e. The molecule has 1 atom stereocenters. The van der Waals surface area contributed by atoms with E-state index in [9.17, 15) is 9.18 Å². The fourth-order valence-corrected chi connectivity index (χ4v) is 3.27. The van der Waals surface area contributed by atoms with Crippen LogP contribution in [0.3, 0.4) is 0 Å². The van der Waals surface area contributed by atoms with Crippen LogP contribution in [0.15, 0.2) is 36.2 Å². The summed E-state index contributed by atoms with van der Waals surface area (Å²) in [5.74, 6) is -0.182. The predicted octanol–water partition coefficient (Wildman–Crippen LogP) is 2.66. The molecule has 29 heavy (non-hydrogen) atoms. The van der Waals surface area contributed by atoms with Crippen LogP contribution in [0.2, 0.25) is 0 Å². The van der Waals surface area contributed by atoms with Crippen LogP contribution in [0.25, 0.3) is 5.70 Å². The highest BCUT2D eigenvalue weighted by Gasteiger charge is 2.24. The Hall–Kier alpha value is -3.29. The smallest absolute Gasteiger partial charge is 0.254 e. The predicted molar refractivity (Wildman–Crippen MR) is 110 cm³/mol. The van der Waals surface area contributed by atoms with Gasteiger partial charge in [-0.1, -0.05) is 6.92 Å². The third kappa shape index (κ3) is 4.26.